The van der Waals surface area contributed by atoms with Crippen molar-refractivity contribution in [3.05, 3.63) is 35.9 Å². The maximum absolute atomic E-state index is 9.46. The molecule has 1 aromatic carbocycles. The molecule has 3 nitrogen and oxygen atoms in total. The average molecular weight is 244 g/mol. The molecule has 3 heteroatoms. The number of benzene rings is 1. The van der Waals surface area contributed by atoms with Crippen molar-refractivity contribution in [2.45, 2.75) is 37.8 Å². The van der Waals surface area contributed by atoms with Gasteiger partial charge in [0.2, 0.25) is 0 Å². The SMILES string of the molecule is N#CC1CCCC1NC(CO)Cc1ccccc1. The Morgan fingerprint density at radius 1 is 1.33 bits per heavy atom. The highest BCUT2D eigenvalue weighted by Crippen LogP contribution is 2.25. The Morgan fingerprint density at radius 2 is 2.11 bits per heavy atom. The van der Waals surface area contributed by atoms with Crippen LogP contribution in [0.2, 0.25) is 0 Å². The summed E-state index contributed by atoms with van der Waals surface area (Å²) >= 11 is 0. The number of hydrogen-bond donors (Lipinski definition) is 2. The molecule has 1 saturated carbocycles. The third-order valence-corrected chi connectivity index (χ3v) is 3.68. The van der Waals surface area contributed by atoms with Gasteiger partial charge in [0.15, 0.2) is 0 Å². The molecular formula is C15H20N2O. The topological polar surface area (TPSA) is 56.0 Å². The smallest absolute Gasteiger partial charge is 0.0672 e. The van der Waals surface area contributed by atoms with E-state index < -0.39 is 0 Å². The highest BCUT2D eigenvalue weighted by atomic mass is 16.3. The highest BCUT2D eigenvalue weighted by Gasteiger charge is 2.28. The van der Waals surface area contributed by atoms with E-state index in [1.54, 1.807) is 0 Å². The van der Waals surface area contributed by atoms with Gasteiger partial charge in [0.1, 0.15) is 0 Å². The predicted molar refractivity (Wildman–Crippen MR) is 70.9 cm³/mol. The molecule has 1 aliphatic carbocycles. The molecule has 0 amide bonds. The van der Waals surface area contributed by atoms with E-state index in [0.29, 0.717) is 0 Å². The van der Waals surface area contributed by atoms with Gasteiger partial charge in [0, 0.05) is 12.1 Å². The van der Waals surface area contributed by atoms with Crippen molar-refractivity contribution in [2.24, 2.45) is 5.92 Å². The molecule has 18 heavy (non-hydrogen) atoms. The van der Waals surface area contributed by atoms with Crippen LogP contribution in [0.4, 0.5) is 0 Å². The molecule has 1 aliphatic rings. The average Bonchev–Trinajstić information content (AvgIpc) is 2.86. The van der Waals surface area contributed by atoms with Crippen LogP contribution in [0.5, 0.6) is 0 Å². The summed E-state index contributed by atoms with van der Waals surface area (Å²) in [4.78, 5) is 0. The van der Waals surface area contributed by atoms with Crippen molar-refractivity contribution in [1.82, 2.24) is 5.32 Å². The molecule has 0 saturated heterocycles. The summed E-state index contributed by atoms with van der Waals surface area (Å²) in [6.45, 7) is 0.115. The first-order valence-corrected chi connectivity index (χ1v) is 6.64. The molecule has 1 aromatic rings. The van der Waals surface area contributed by atoms with Gasteiger partial charge in [-0.05, 0) is 24.8 Å². The summed E-state index contributed by atoms with van der Waals surface area (Å²) in [7, 11) is 0. The van der Waals surface area contributed by atoms with E-state index in [9.17, 15) is 5.11 Å². The van der Waals surface area contributed by atoms with Crippen LogP contribution in [0.3, 0.4) is 0 Å². The first kappa shape index (κ1) is 13.1. The van der Waals surface area contributed by atoms with E-state index in [4.69, 9.17) is 5.26 Å². The molecule has 0 heterocycles. The van der Waals surface area contributed by atoms with Crippen LogP contribution in [-0.4, -0.2) is 23.8 Å². The number of hydrogen-bond acceptors (Lipinski definition) is 3. The molecule has 0 aliphatic heterocycles. The number of nitrogens with zero attached hydrogens (tertiary/aromatic N) is 1. The normalized spacial score (nSPS) is 24.7. The zero-order valence-electron chi connectivity index (χ0n) is 10.5. The Morgan fingerprint density at radius 3 is 2.78 bits per heavy atom. The predicted octanol–water partition coefficient (Wildman–Crippen LogP) is 1.87. The Bertz CT molecular complexity index is 399. The van der Waals surface area contributed by atoms with Gasteiger partial charge in [-0.3, -0.25) is 0 Å². The second kappa shape index (κ2) is 6.53. The number of aliphatic hydroxyl groups is 1. The molecular weight excluding hydrogens is 224 g/mol. The van der Waals surface area contributed by atoms with Crippen LogP contribution in [0.25, 0.3) is 0 Å². The van der Waals surface area contributed by atoms with Gasteiger partial charge in [0.25, 0.3) is 0 Å². The maximum Gasteiger partial charge on any atom is 0.0672 e. The van der Waals surface area contributed by atoms with E-state index in [0.717, 1.165) is 25.7 Å². The fourth-order valence-electron chi connectivity index (χ4n) is 2.69. The lowest BCUT2D eigenvalue weighted by Crippen LogP contribution is -2.43. The van der Waals surface area contributed by atoms with Gasteiger partial charge in [0.05, 0.1) is 18.6 Å². The van der Waals surface area contributed by atoms with E-state index in [-0.39, 0.29) is 24.6 Å². The van der Waals surface area contributed by atoms with Gasteiger partial charge >= 0.3 is 0 Å². The quantitative estimate of drug-likeness (QED) is 0.831. The second-order valence-electron chi connectivity index (χ2n) is 5.01. The molecule has 3 atom stereocenters. The van der Waals surface area contributed by atoms with Crippen molar-refractivity contribution >= 4 is 0 Å². The number of aliphatic hydroxyl groups excluding tert-OH is 1. The van der Waals surface area contributed by atoms with Crippen molar-refractivity contribution < 1.29 is 5.11 Å². The fraction of sp³-hybridized carbons (Fsp3) is 0.533. The van der Waals surface area contributed by atoms with Crippen LogP contribution in [0.15, 0.2) is 30.3 Å². The molecule has 0 aromatic heterocycles. The maximum atomic E-state index is 9.46. The van der Waals surface area contributed by atoms with Gasteiger partial charge in [-0.1, -0.05) is 36.8 Å². The number of nitriles is 1. The second-order valence-corrected chi connectivity index (χ2v) is 5.01. The van der Waals surface area contributed by atoms with Gasteiger partial charge < -0.3 is 10.4 Å². The fourth-order valence-corrected chi connectivity index (χ4v) is 2.69. The van der Waals surface area contributed by atoms with Crippen LogP contribution in [-0.2, 0) is 6.42 Å². The lowest BCUT2D eigenvalue weighted by Gasteiger charge is -2.23. The summed E-state index contributed by atoms with van der Waals surface area (Å²) in [5.41, 5.74) is 1.22. The zero-order valence-corrected chi connectivity index (χ0v) is 10.5. The molecule has 2 rings (SSSR count). The van der Waals surface area contributed by atoms with Crippen LogP contribution >= 0.6 is 0 Å². The third-order valence-electron chi connectivity index (χ3n) is 3.68. The standard InChI is InChI=1S/C15H20N2O/c16-10-13-7-4-8-15(13)17-14(11-18)9-12-5-2-1-3-6-12/h1-3,5-6,13-15,17-18H,4,7-9,11H2. The summed E-state index contributed by atoms with van der Waals surface area (Å²) in [5.74, 6) is 0.106. The van der Waals surface area contributed by atoms with Gasteiger partial charge in [-0.15, -0.1) is 0 Å². The summed E-state index contributed by atoms with van der Waals surface area (Å²) < 4.78 is 0. The van der Waals surface area contributed by atoms with Gasteiger partial charge in [-0.2, -0.15) is 5.26 Å². The summed E-state index contributed by atoms with van der Waals surface area (Å²) in [6, 6.07) is 12.8. The monoisotopic (exact) mass is 244 g/mol. The lowest BCUT2D eigenvalue weighted by atomic mass is 10.0. The number of nitrogens with one attached hydrogen (secondary N) is 1. The molecule has 0 radical (unpaired) electrons. The number of rotatable bonds is 5. The minimum atomic E-state index is 0.0475. The third kappa shape index (κ3) is 3.32. The molecule has 0 bridgehead atoms. The molecule has 2 N–H and O–H groups in total. The largest absolute Gasteiger partial charge is 0.395 e. The van der Waals surface area contributed by atoms with Crippen LogP contribution in [0.1, 0.15) is 24.8 Å². The first-order valence-electron chi connectivity index (χ1n) is 6.64. The van der Waals surface area contributed by atoms with Crippen molar-refractivity contribution in [3.8, 4) is 6.07 Å². The van der Waals surface area contributed by atoms with Gasteiger partial charge in [-0.25, -0.2) is 0 Å². The van der Waals surface area contributed by atoms with Crippen molar-refractivity contribution in [3.63, 3.8) is 0 Å². The summed E-state index contributed by atoms with van der Waals surface area (Å²) in [5, 5.41) is 22.0. The Kier molecular flexibility index (Phi) is 4.74. The van der Waals surface area contributed by atoms with E-state index in [1.807, 2.05) is 18.2 Å². The van der Waals surface area contributed by atoms with E-state index in [1.165, 1.54) is 5.56 Å². The van der Waals surface area contributed by atoms with Crippen molar-refractivity contribution in [1.29, 1.82) is 5.26 Å². The van der Waals surface area contributed by atoms with Crippen LogP contribution < -0.4 is 5.32 Å². The van der Waals surface area contributed by atoms with Crippen molar-refractivity contribution in [2.75, 3.05) is 6.61 Å². The molecule has 3 unspecified atom stereocenters. The molecule has 1 fully saturated rings. The van der Waals surface area contributed by atoms with E-state index >= 15 is 0 Å². The summed E-state index contributed by atoms with van der Waals surface area (Å²) in [6.07, 6.45) is 3.95. The Balaban J connectivity index is 1.92. The minimum absolute atomic E-state index is 0.0475. The Labute approximate surface area is 108 Å². The molecule has 0 spiro atoms. The first-order chi connectivity index (χ1) is 8.83. The molecule has 96 valence electrons. The zero-order chi connectivity index (χ0) is 12.8. The Hall–Kier alpha value is -1.37. The minimum Gasteiger partial charge on any atom is -0.395 e. The highest BCUT2D eigenvalue weighted by molar-refractivity contribution is 5.16. The van der Waals surface area contributed by atoms with E-state index in [2.05, 4.69) is 23.5 Å². The van der Waals surface area contributed by atoms with Crippen LogP contribution in [0, 0.1) is 17.2 Å². The lowest BCUT2D eigenvalue weighted by molar-refractivity contribution is 0.225.